The van der Waals surface area contributed by atoms with Gasteiger partial charge in [0.2, 0.25) is 0 Å². The molecule has 1 unspecified atom stereocenters. The molecule has 1 aliphatic heterocycles. The number of hydrogen-bond acceptors (Lipinski definition) is 4. The average Bonchev–Trinajstić information content (AvgIpc) is 2.54. The highest BCUT2D eigenvalue weighted by atomic mass is 35.5. The molecule has 2 amide bonds. The van der Waals surface area contributed by atoms with Crippen molar-refractivity contribution in [3.05, 3.63) is 52.7 Å². The average molecular weight is 337 g/mol. The Bertz CT molecular complexity index is 685. The summed E-state index contributed by atoms with van der Waals surface area (Å²) < 4.78 is 5.12. The first-order valence-corrected chi connectivity index (χ1v) is 7.42. The highest BCUT2D eigenvalue weighted by Crippen LogP contribution is 2.33. The van der Waals surface area contributed by atoms with Crippen molar-refractivity contribution in [2.75, 3.05) is 6.61 Å². The third-order valence-corrected chi connectivity index (χ3v) is 3.67. The minimum absolute atomic E-state index is 0.0658. The second kappa shape index (κ2) is 7.19. The predicted octanol–water partition coefficient (Wildman–Crippen LogP) is 2.79. The van der Waals surface area contributed by atoms with Gasteiger partial charge >= 0.3 is 12.0 Å². The number of aromatic hydroxyl groups is 1. The third kappa shape index (κ3) is 3.65. The largest absolute Gasteiger partial charge is 0.506 e. The Morgan fingerprint density at radius 2 is 2.26 bits per heavy atom. The van der Waals surface area contributed by atoms with E-state index in [1.165, 1.54) is 18.2 Å². The van der Waals surface area contributed by atoms with Gasteiger partial charge in [0, 0.05) is 5.70 Å². The lowest BCUT2D eigenvalue weighted by Crippen LogP contribution is -2.45. The van der Waals surface area contributed by atoms with Crippen LogP contribution in [-0.2, 0) is 9.53 Å². The fraction of sp³-hybridized carbons (Fsp3) is 0.250. The van der Waals surface area contributed by atoms with E-state index in [2.05, 4.69) is 17.2 Å². The van der Waals surface area contributed by atoms with Crippen molar-refractivity contribution in [3.8, 4) is 5.75 Å². The van der Waals surface area contributed by atoms with Gasteiger partial charge in [-0.05, 0) is 24.1 Å². The van der Waals surface area contributed by atoms with Crippen LogP contribution in [0.1, 0.15) is 24.9 Å². The zero-order chi connectivity index (χ0) is 17.0. The van der Waals surface area contributed by atoms with Crippen LogP contribution >= 0.6 is 11.6 Å². The van der Waals surface area contributed by atoms with E-state index < -0.39 is 18.0 Å². The Morgan fingerprint density at radius 3 is 2.87 bits per heavy atom. The summed E-state index contributed by atoms with van der Waals surface area (Å²) in [6.07, 6.45) is 1.92. The number of carbonyl (C=O) groups excluding carboxylic acids is 2. The van der Waals surface area contributed by atoms with Gasteiger partial charge in [-0.15, -0.1) is 0 Å². The Balaban J connectivity index is 2.48. The van der Waals surface area contributed by atoms with Gasteiger partial charge in [0.1, 0.15) is 12.4 Å². The van der Waals surface area contributed by atoms with E-state index in [0.29, 0.717) is 23.3 Å². The van der Waals surface area contributed by atoms with Crippen molar-refractivity contribution in [3.63, 3.8) is 0 Å². The number of nitrogens with one attached hydrogen (secondary N) is 2. The zero-order valence-corrected chi connectivity index (χ0v) is 13.3. The fourth-order valence-corrected chi connectivity index (χ4v) is 2.49. The number of esters is 1. The van der Waals surface area contributed by atoms with Gasteiger partial charge in [-0.25, -0.2) is 9.59 Å². The topological polar surface area (TPSA) is 87.7 Å². The number of phenols is 1. The van der Waals surface area contributed by atoms with E-state index in [9.17, 15) is 14.7 Å². The summed E-state index contributed by atoms with van der Waals surface area (Å²) >= 11 is 5.93. The molecule has 122 valence electrons. The van der Waals surface area contributed by atoms with E-state index in [1.54, 1.807) is 6.07 Å². The lowest BCUT2D eigenvalue weighted by molar-refractivity contribution is -0.138. The van der Waals surface area contributed by atoms with Crippen LogP contribution < -0.4 is 10.6 Å². The maximum Gasteiger partial charge on any atom is 0.338 e. The Morgan fingerprint density at radius 1 is 1.52 bits per heavy atom. The van der Waals surface area contributed by atoms with E-state index in [0.717, 1.165) is 0 Å². The predicted molar refractivity (Wildman–Crippen MR) is 86.0 cm³/mol. The lowest BCUT2D eigenvalue weighted by Gasteiger charge is -2.29. The van der Waals surface area contributed by atoms with Crippen LogP contribution in [0, 0.1) is 0 Å². The molecule has 0 saturated carbocycles. The number of rotatable bonds is 5. The van der Waals surface area contributed by atoms with E-state index >= 15 is 0 Å². The standard InChI is InChI=1S/C16H17ClN2O4/c1-3-7-23-15(21)13-11(4-2)18-16(22)19-14(13)9-5-6-12(20)10(17)8-9/h3,5-6,8,14,20H,1,4,7H2,2H3,(H2,18,19,22). The van der Waals surface area contributed by atoms with Gasteiger partial charge in [0.15, 0.2) is 0 Å². The monoisotopic (exact) mass is 336 g/mol. The lowest BCUT2D eigenvalue weighted by atomic mass is 9.94. The van der Waals surface area contributed by atoms with Crippen molar-refractivity contribution in [2.24, 2.45) is 0 Å². The smallest absolute Gasteiger partial charge is 0.338 e. The van der Waals surface area contributed by atoms with Crippen LogP contribution in [0.2, 0.25) is 5.02 Å². The van der Waals surface area contributed by atoms with Gasteiger partial charge in [-0.3, -0.25) is 0 Å². The number of hydrogen-bond donors (Lipinski definition) is 3. The van der Waals surface area contributed by atoms with E-state index in [4.69, 9.17) is 16.3 Å². The molecule has 1 atom stereocenters. The number of allylic oxidation sites excluding steroid dienone is 1. The molecule has 1 aliphatic rings. The first-order chi connectivity index (χ1) is 11.0. The van der Waals surface area contributed by atoms with Crippen LogP contribution in [0.4, 0.5) is 4.79 Å². The van der Waals surface area contributed by atoms with Crippen LogP contribution in [0.15, 0.2) is 42.1 Å². The Labute approximate surface area is 138 Å². The number of urea groups is 1. The zero-order valence-electron chi connectivity index (χ0n) is 12.6. The molecule has 1 aromatic rings. The summed E-state index contributed by atoms with van der Waals surface area (Å²) in [6.45, 7) is 5.39. The SMILES string of the molecule is C=CCOC(=O)C1=C(CC)NC(=O)NC1c1ccc(O)c(Cl)c1. The summed E-state index contributed by atoms with van der Waals surface area (Å²) in [5.41, 5.74) is 1.35. The van der Waals surface area contributed by atoms with Crippen molar-refractivity contribution in [1.82, 2.24) is 10.6 Å². The van der Waals surface area contributed by atoms with Gasteiger partial charge in [-0.1, -0.05) is 37.2 Å². The molecular formula is C16H17ClN2O4. The van der Waals surface area contributed by atoms with Crippen LogP contribution in [0.5, 0.6) is 5.75 Å². The molecule has 2 rings (SSSR count). The molecule has 0 bridgehead atoms. The van der Waals surface area contributed by atoms with E-state index in [-0.39, 0.29) is 17.4 Å². The summed E-state index contributed by atoms with van der Waals surface area (Å²) in [5.74, 6) is -0.630. The molecule has 7 heteroatoms. The highest BCUT2D eigenvalue weighted by Gasteiger charge is 2.33. The molecule has 0 saturated heterocycles. The number of ether oxygens (including phenoxy) is 1. The van der Waals surface area contributed by atoms with Gasteiger partial charge in [0.05, 0.1) is 16.6 Å². The number of phenolic OH excluding ortho intramolecular Hbond substituents is 1. The van der Waals surface area contributed by atoms with Crippen LogP contribution in [-0.4, -0.2) is 23.7 Å². The third-order valence-electron chi connectivity index (χ3n) is 3.36. The molecule has 0 fully saturated rings. The molecule has 1 aromatic carbocycles. The number of halogens is 1. The fourth-order valence-electron chi connectivity index (χ4n) is 2.30. The summed E-state index contributed by atoms with van der Waals surface area (Å²) in [7, 11) is 0. The molecule has 0 spiro atoms. The Kier molecular flexibility index (Phi) is 5.28. The van der Waals surface area contributed by atoms with Crippen molar-refractivity contribution in [1.29, 1.82) is 0 Å². The van der Waals surface area contributed by atoms with Gasteiger partial charge < -0.3 is 20.5 Å². The van der Waals surface area contributed by atoms with E-state index in [1.807, 2.05) is 6.92 Å². The molecule has 1 heterocycles. The second-order valence-electron chi connectivity index (χ2n) is 4.88. The second-order valence-corrected chi connectivity index (χ2v) is 5.28. The normalized spacial score (nSPS) is 17.3. The number of amides is 2. The summed E-state index contributed by atoms with van der Waals surface area (Å²) in [5, 5.41) is 15.0. The first kappa shape index (κ1) is 16.9. The van der Waals surface area contributed by atoms with Crippen molar-refractivity contribution >= 4 is 23.6 Å². The maximum atomic E-state index is 12.4. The quantitative estimate of drug-likeness (QED) is 0.570. The van der Waals surface area contributed by atoms with Crippen molar-refractivity contribution < 1.29 is 19.4 Å². The number of benzene rings is 1. The number of carbonyl (C=O) groups is 2. The molecule has 0 aromatic heterocycles. The molecule has 6 nitrogen and oxygen atoms in total. The molecule has 0 radical (unpaired) electrons. The molecule has 3 N–H and O–H groups in total. The molecular weight excluding hydrogens is 320 g/mol. The van der Waals surface area contributed by atoms with Gasteiger partial charge in [-0.2, -0.15) is 0 Å². The first-order valence-electron chi connectivity index (χ1n) is 7.04. The molecule has 23 heavy (non-hydrogen) atoms. The minimum Gasteiger partial charge on any atom is -0.506 e. The van der Waals surface area contributed by atoms with Crippen LogP contribution in [0.3, 0.4) is 0 Å². The summed E-state index contributed by atoms with van der Waals surface area (Å²) in [4.78, 5) is 24.2. The van der Waals surface area contributed by atoms with Gasteiger partial charge in [0.25, 0.3) is 0 Å². The van der Waals surface area contributed by atoms with Crippen LogP contribution in [0.25, 0.3) is 0 Å². The molecule has 0 aliphatic carbocycles. The maximum absolute atomic E-state index is 12.4. The summed E-state index contributed by atoms with van der Waals surface area (Å²) in [6, 6.07) is 3.36. The minimum atomic E-state index is -0.714. The van der Waals surface area contributed by atoms with Crippen molar-refractivity contribution in [2.45, 2.75) is 19.4 Å². The Hall–Kier alpha value is -2.47. The highest BCUT2D eigenvalue weighted by molar-refractivity contribution is 6.32.